The van der Waals surface area contributed by atoms with Gasteiger partial charge >= 0.3 is 0 Å². The topological polar surface area (TPSA) is 28.7 Å². The van der Waals surface area contributed by atoms with Crippen LogP contribution < -0.4 is 0 Å². The summed E-state index contributed by atoms with van der Waals surface area (Å²) in [4.78, 5) is 7.57. The van der Waals surface area contributed by atoms with Crippen molar-refractivity contribution >= 4 is 18.8 Å². The number of nitrogens with zero attached hydrogens (tertiary/aromatic N) is 1. The number of imidazole rings is 1. The van der Waals surface area contributed by atoms with Gasteiger partial charge in [0, 0.05) is 11.9 Å². The van der Waals surface area contributed by atoms with E-state index in [2.05, 4.69) is 36.4 Å². The van der Waals surface area contributed by atoms with Crippen LogP contribution in [0.3, 0.4) is 0 Å². The molecule has 1 heterocycles. The van der Waals surface area contributed by atoms with Gasteiger partial charge in [-0.25, -0.2) is 4.98 Å². The molecule has 0 saturated heterocycles. The highest BCUT2D eigenvalue weighted by atomic mass is 31.2. The largest absolute Gasteiger partial charge is 0.342 e. The van der Waals surface area contributed by atoms with Gasteiger partial charge < -0.3 is 4.98 Å². The molecule has 0 aromatic carbocycles. The molecule has 1 unspecified atom stereocenters. The number of hydrogen-bond donors (Lipinski definition) is 1. The first-order chi connectivity index (χ1) is 6.94. The average Bonchev–Trinajstić information content (AvgIpc) is 2.63. The smallest absolute Gasteiger partial charge is 0.132 e. The van der Waals surface area contributed by atoms with Crippen molar-refractivity contribution < 1.29 is 0 Å². The van der Waals surface area contributed by atoms with Crippen LogP contribution in [0.5, 0.6) is 0 Å². The summed E-state index contributed by atoms with van der Waals surface area (Å²) < 4.78 is 0. The molecule has 0 amide bonds. The van der Waals surface area contributed by atoms with E-state index >= 15 is 0 Å². The highest BCUT2D eigenvalue weighted by molar-refractivity contribution is 7.72. The third-order valence-corrected chi connectivity index (χ3v) is 5.55. The zero-order valence-corrected chi connectivity index (χ0v) is 10.9. The summed E-state index contributed by atoms with van der Waals surface area (Å²) in [6.07, 6.45) is 9.69. The van der Waals surface area contributed by atoms with Gasteiger partial charge in [0.1, 0.15) is 5.82 Å². The highest BCUT2D eigenvalue weighted by Gasteiger charge is 2.06. The first-order valence-corrected chi connectivity index (χ1v) is 8.12. The van der Waals surface area contributed by atoms with Gasteiger partial charge in [0.25, 0.3) is 0 Å². The second kappa shape index (κ2) is 4.85. The SMILES string of the molecule is C=C(C)c1ncc(CCP(=C)(C)CC)[nH]1. The summed E-state index contributed by atoms with van der Waals surface area (Å²) in [5.74, 6) is 0.908. The predicted molar refractivity (Wildman–Crippen MR) is 72.4 cm³/mol. The molecular weight excluding hydrogens is 203 g/mol. The standard InChI is InChI=1S/C12H21N2P/c1-6-15(4,5)8-7-11-9-13-12(14-11)10(2)3/h9H,2,4,6-8H2,1,3,5H3,(H,13,14). The number of H-pyrrole nitrogens is 1. The van der Waals surface area contributed by atoms with E-state index in [1.807, 2.05) is 13.1 Å². The van der Waals surface area contributed by atoms with Crippen LogP contribution in [-0.2, 0) is 6.42 Å². The van der Waals surface area contributed by atoms with E-state index in [0.29, 0.717) is 0 Å². The average molecular weight is 224 g/mol. The summed E-state index contributed by atoms with van der Waals surface area (Å²) in [5, 5.41) is 0. The van der Waals surface area contributed by atoms with Crippen molar-refractivity contribution in [3.63, 3.8) is 0 Å². The van der Waals surface area contributed by atoms with Gasteiger partial charge in [0.2, 0.25) is 0 Å². The van der Waals surface area contributed by atoms with Gasteiger partial charge in [0.15, 0.2) is 0 Å². The Balaban J connectivity index is 2.59. The molecule has 1 atom stereocenters. The molecular formula is C12H21N2P. The lowest BCUT2D eigenvalue weighted by Crippen LogP contribution is -1.96. The Morgan fingerprint density at radius 3 is 2.73 bits per heavy atom. The number of nitrogens with one attached hydrogen (secondary N) is 1. The Morgan fingerprint density at radius 1 is 1.60 bits per heavy atom. The number of rotatable bonds is 5. The number of aromatic amines is 1. The van der Waals surface area contributed by atoms with Gasteiger partial charge in [-0.2, -0.15) is 0 Å². The summed E-state index contributed by atoms with van der Waals surface area (Å²) in [6, 6.07) is 0. The molecule has 0 aliphatic heterocycles. The highest BCUT2D eigenvalue weighted by Crippen LogP contribution is 2.39. The molecule has 84 valence electrons. The van der Waals surface area contributed by atoms with Crippen molar-refractivity contribution in [2.45, 2.75) is 20.3 Å². The summed E-state index contributed by atoms with van der Waals surface area (Å²) in [5.41, 5.74) is 2.19. The fraction of sp³-hybridized carbons (Fsp3) is 0.500. The molecule has 1 aromatic heterocycles. The fourth-order valence-corrected chi connectivity index (χ4v) is 2.35. The first kappa shape index (κ1) is 12.3. The third-order valence-electron chi connectivity index (χ3n) is 2.72. The zero-order valence-electron chi connectivity index (χ0n) is 10.0. The van der Waals surface area contributed by atoms with Gasteiger partial charge in [-0.05, 0) is 37.9 Å². The van der Waals surface area contributed by atoms with Gasteiger partial charge in [0.05, 0.1) is 0 Å². The van der Waals surface area contributed by atoms with Crippen LogP contribution in [-0.4, -0.2) is 35.3 Å². The minimum absolute atomic E-state index is 0.908. The lowest BCUT2D eigenvalue weighted by atomic mass is 10.3. The maximum absolute atomic E-state index is 4.30. The van der Waals surface area contributed by atoms with E-state index in [0.717, 1.165) is 17.8 Å². The van der Waals surface area contributed by atoms with Crippen LogP contribution in [0.15, 0.2) is 12.8 Å². The minimum Gasteiger partial charge on any atom is -0.342 e. The molecule has 1 rings (SSSR count). The summed E-state index contributed by atoms with van der Waals surface area (Å²) >= 11 is 0. The van der Waals surface area contributed by atoms with Gasteiger partial charge in [-0.15, -0.1) is 13.2 Å². The quantitative estimate of drug-likeness (QED) is 0.765. The predicted octanol–water partition coefficient (Wildman–Crippen LogP) is 3.08. The Kier molecular flexibility index (Phi) is 3.98. The molecule has 0 bridgehead atoms. The monoisotopic (exact) mass is 224 g/mol. The third kappa shape index (κ3) is 3.71. The Morgan fingerprint density at radius 2 is 2.27 bits per heavy atom. The summed E-state index contributed by atoms with van der Waals surface area (Å²) in [6.45, 7) is 9.44. The molecule has 0 aliphatic rings. The molecule has 0 fully saturated rings. The van der Waals surface area contributed by atoms with Crippen molar-refractivity contribution in [3.05, 3.63) is 24.3 Å². The van der Waals surface area contributed by atoms with E-state index in [1.54, 1.807) is 0 Å². The van der Waals surface area contributed by atoms with Crippen LogP contribution in [0.2, 0.25) is 0 Å². The molecule has 0 saturated carbocycles. The number of aryl methyl sites for hydroxylation is 1. The van der Waals surface area contributed by atoms with Crippen molar-refractivity contribution in [2.24, 2.45) is 0 Å². The molecule has 0 aliphatic carbocycles. The fourth-order valence-electron chi connectivity index (χ4n) is 1.25. The Hall–Kier alpha value is -0.750. The summed E-state index contributed by atoms with van der Waals surface area (Å²) in [7, 11) is 0. The van der Waals surface area contributed by atoms with Crippen molar-refractivity contribution in [2.75, 3.05) is 19.0 Å². The van der Waals surface area contributed by atoms with Crippen molar-refractivity contribution in [1.82, 2.24) is 9.97 Å². The molecule has 0 radical (unpaired) electrons. The lowest BCUT2D eigenvalue weighted by Gasteiger charge is -2.15. The zero-order chi connectivity index (χ0) is 11.5. The van der Waals surface area contributed by atoms with E-state index in [9.17, 15) is 0 Å². The molecule has 1 aromatic rings. The van der Waals surface area contributed by atoms with Gasteiger partial charge in [-0.1, -0.05) is 13.5 Å². The Bertz CT molecular complexity index is 390. The number of allylic oxidation sites excluding steroid dienone is 1. The molecule has 1 N–H and O–H groups in total. The van der Waals surface area contributed by atoms with Crippen LogP contribution in [0.4, 0.5) is 0 Å². The number of hydrogen-bond acceptors (Lipinski definition) is 1. The molecule has 0 spiro atoms. The van der Waals surface area contributed by atoms with E-state index in [-0.39, 0.29) is 0 Å². The van der Waals surface area contributed by atoms with Crippen LogP contribution in [0.25, 0.3) is 5.57 Å². The Labute approximate surface area is 92.8 Å². The minimum atomic E-state index is -0.924. The number of aromatic nitrogens is 2. The maximum atomic E-state index is 4.30. The lowest BCUT2D eigenvalue weighted by molar-refractivity contribution is 1.06. The van der Waals surface area contributed by atoms with E-state index < -0.39 is 6.89 Å². The molecule has 15 heavy (non-hydrogen) atoms. The molecule has 3 heteroatoms. The second-order valence-electron chi connectivity index (χ2n) is 4.45. The van der Waals surface area contributed by atoms with Crippen molar-refractivity contribution in [1.29, 1.82) is 0 Å². The second-order valence-corrected chi connectivity index (χ2v) is 8.77. The van der Waals surface area contributed by atoms with Crippen molar-refractivity contribution in [3.8, 4) is 0 Å². The van der Waals surface area contributed by atoms with Gasteiger partial charge in [-0.3, -0.25) is 0 Å². The molecule has 2 nitrogen and oxygen atoms in total. The first-order valence-electron chi connectivity index (χ1n) is 5.33. The van der Waals surface area contributed by atoms with Crippen LogP contribution >= 0.6 is 6.89 Å². The van der Waals surface area contributed by atoms with E-state index in [4.69, 9.17) is 0 Å². The van der Waals surface area contributed by atoms with Crippen LogP contribution in [0.1, 0.15) is 25.4 Å². The van der Waals surface area contributed by atoms with Crippen LogP contribution in [0, 0.1) is 0 Å². The van der Waals surface area contributed by atoms with E-state index in [1.165, 1.54) is 18.0 Å². The maximum Gasteiger partial charge on any atom is 0.132 e. The normalized spacial score (nSPS) is 14.9.